The van der Waals surface area contributed by atoms with E-state index < -0.39 is 10.0 Å². The van der Waals surface area contributed by atoms with Crippen LogP contribution in [0.2, 0.25) is 0 Å². The number of benzene rings is 1. The number of hydrogen-bond donors (Lipinski definition) is 2. The van der Waals surface area contributed by atoms with E-state index >= 15 is 0 Å². The summed E-state index contributed by atoms with van der Waals surface area (Å²) >= 11 is 0. The molecule has 0 spiro atoms. The quantitative estimate of drug-likeness (QED) is 0.585. The predicted octanol–water partition coefficient (Wildman–Crippen LogP) is 1.38. The number of nitrogens with one attached hydrogen (secondary N) is 1. The van der Waals surface area contributed by atoms with Gasteiger partial charge in [0.25, 0.3) is 0 Å². The van der Waals surface area contributed by atoms with Crippen molar-refractivity contribution in [3.8, 4) is 0 Å². The van der Waals surface area contributed by atoms with Crippen LogP contribution in [0.15, 0.2) is 30.3 Å². The summed E-state index contributed by atoms with van der Waals surface area (Å²) in [6, 6.07) is 9.53. The van der Waals surface area contributed by atoms with Gasteiger partial charge in [-0.15, -0.1) is 0 Å². The molecule has 1 rings (SSSR count). The van der Waals surface area contributed by atoms with Gasteiger partial charge in [-0.1, -0.05) is 44.2 Å². The van der Waals surface area contributed by atoms with Crippen LogP contribution >= 0.6 is 0 Å². The summed E-state index contributed by atoms with van der Waals surface area (Å²) in [5.74, 6) is -0.206. The Bertz CT molecular complexity index is 514. The summed E-state index contributed by atoms with van der Waals surface area (Å²) in [5.41, 5.74) is 6.28. The maximum Gasteiger partial charge on any atom is 0.215 e. The molecule has 0 fully saturated rings. The zero-order valence-electron chi connectivity index (χ0n) is 11.3. The first kappa shape index (κ1) is 15.7. The molecule has 0 amide bonds. The molecule has 19 heavy (non-hydrogen) atoms. The molecule has 106 valence electrons. The van der Waals surface area contributed by atoms with Gasteiger partial charge < -0.3 is 5.73 Å². The molecule has 0 aromatic heterocycles. The molecule has 0 heterocycles. The molecule has 0 aliphatic carbocycles. The monoisotopic (exact) mass is 283 g/mol. The van der Waals surface area contributed by atoms with Gasteiger partial charge in [-0.3, -0.25) is 5.41 Å². The summed E-state index contributed by atoms with van der Waals surface area (Å²) in [4.78, 5) is 0. The van der Waals surface area contributed by atoms with Crippen LogP contribution in [0.5, 0.6) is 0 Å². The molecule has 6 heteroatoms. The fourth-order valence-corrected chi connectivity index (χ4v) is 3.66. The van der Waals surface area contributed by atoms with Crippen LogP contribution in [0.3, 0.4) is 0 Å². The second kappa shape index (κ2) is 6.68. The van der Waals surface area contributed by atoms with E-state index in [0.717, 1.165) is 5.56 Å². The Morgan fingerprint density at radius 1 is 1.37 bits per heavy atom. The van der Waals surface area contributed by atoms with E-state index in [9.17, 15) is 8.42 Å². The lowest BCUT2D eigenvalue weighted by Gasteiger charge is -2.22. The van der Waals surface area contributed by atoms with E-state index in [0.29, 0.717) is 6.54 Å². The summed E-state index contributed by atoms with van der Waals surface area (Å²) < 4.78 is 25.8. The Labute approximate surface area is 115 Å². The second-order valence-electron chi connectivity index (χ2n) is 4.54. The van der Waals surface area contributed by atoms with Crippen molar-refractivity contribution < 1.29 is 8.42 Å². The minimum atomic E-state index is -3.40. The SMILES string of the molecule is CCN(CC(=N)N)S(=O)(=O)CC(C)c1ccccc1. The van der Waals surface area contributed by atoms with Gasteiger partial charge in [0.1, 0.15) is 5.84 Å². The highest BCUT2D eigenvalue weighted by Crippen LogP contribution is 2.18. The summed E-state index contributed by atoms with van der Waals surface area (Å²) in [5, 5.41) is 7.23. The molecular formula is C13H21N3O2S. The normalized spacial score (nSPS) is 13.4. The Morgan fingerprint density at radius 3 is 2.42 bits per heavy atom. The lowest BCUT2D eigenvalue weighted by molar-refractivity contribution is 0.463. The molecule has 1 unspecified atom stereocenters. The van der Waals surface area contributed by atoms with E-state index in [2.05, 4.69) is 0 Å². The van der Waals surface area contributed by atoms with Crippen LogP contribution in [0.25, 0.3) is 0 Å². The maximum absolute atomic E-state index is 12.3. The summed E-state index contributed by atoms with van der Waals surface area (Å²) in [6.07, 6.45) is 0. The van der Waals surface area contributed by atoms with Gasteiger partial charge in [-0.25, -0.2) is 8.42 Å². The molecule has 1 atom stereocenters. The lowest BCUT2D eigenvalue weighted by Crippen LogP contribution is -2.40. The first-order valence-corrected chi connectivity index (χ1v) is 7.83. The molecule has 5 nitrogen and oxygen atoms in total. The summed E-state index contributed by atoms with van der Waals surface area (Å²) in [7, 11) is -3.40. The van der Waals surface area contributed by atoms with Gasteiger partial charge in [0.15, 0.2) is 0 Å². The van der Waals surface area contributed by atoms with Crippen molar-refractivity contribution in [2.24, 2.45) is 5.73 Å². The van der Waals surface area contributed by atoms with Gasteiger partial charge >= 0.3 is 0 Å². The number of likely N-dealkylation sites (N-methyl/N-ethyl adjacent to an activating group) is 1. The molecule has 1 aromatic carbocycles. The third-order valence-corrected chi connectivity index (χ3v) is 5.02. The van der Waals surface area contributed by atoms with Crippen LogP contribution in [0.4, 0.5) is 0 Å². The van der Waals surface area contributed by atoms with Crippen molar-refractivity contribution in [3.63, 3.8) is 0 Å². The smallest absolute Gasteiger partial charge is 0.215 e. The maximum atomic E-state index is 12.3. The molecule has 0 saturated heterocycles. The largest absolute Gasteiger partial charge is 0.387 e. The first-order valence-electron chi connectivity index (χ1n) is 6.22. The molecule has 0 bridgehead atoms. The Balaban J connectivity index is 2.81. The molecule has 1 aromatic rings. The highest BCUT2D eigenvalue weighted by molar-refractivity contribution is 7.89. The van der Waals surface area contributed by atoms with Crippen LogP contribution in [-0.2, 0) is 10.0 Å². The second-order valence-corrected chi connectivity index (χ2v) is 6.56. The minimum absolute atomic E-state index is 0.0259. The van der Waals surface area contributed by atoms with E-state index in [1.807, 2.05) is 37.3 Å². The van der Waals surface area contributed by atoms with Gasteiger partial charge in [-0.05, 0) is 11.5 Å². The highest BCUT2D eigenvalue weighted by atomic mass is 32.2. The fraction of sp³-hybridized carbons (Fsp3) is 0.462. The van der Waals surface area contributed by atoms with E-state index in [4.69, 9.17) is 11.1 Å². The molecule has 0 aliphatic heterocycles. The van der Waals surface area contributed by atoms with Crippen LogP contribution < -0.4 is 5.73 Å². The van der Waals surface area contributed by atoms with Crippen LogP contribution in [0.1, 0.15) is 25.3 Å². The van der Waals surface area contributed by atoms with Crippen LogP contribution in [0, 0.1) is 5.41 Å². The van der Waals surface area contributed by atoms with Crippen molar-refractivity contribution in [2.75, 3.05) is 18.8 Å². The van der Waals surface area contributed by atoms with Crippen molar-refractivity contribution in [1.29, 1.82) is 5.41 Å². The number of hydrogen-bond acceptors (Lipinski definition) is 3. The van der Waals surface area contributed by atoms with Gasteiger partial charge in [0, 0.05) is 6.54 Å². The standard InChI is InChI=1S/C13H21N3O2S/c1-3-16(9-13(14)15)19(17,18)10-11(2)12-7-5-4-6-8-12/h4-8,11H,3,9-10H2,1-2H3,(H3,14,15). The third-order valence-electron chi connectivity index (χ3n) is 2.92. The molecule has 3 N–H and O–H groups in total. The Hall–Kier alpha value is -1.40. The van der Waals surface area contributed by atoms with Crippen molar-refractivity contribution in [3.05, 3.63) is 35.9 Å². The van der Waals surface area contributed by atoms with Gasteiger partial charge in [0.2, 0.25) is 10.0 Å². The third kappa shape index (κ3) is 4.65. The molecule has 0 aliphatic rings. The van der Waals surface area contributed by atoms with Crippen molar-refractivity contribution >= 4 is 15.9 Å². The minimum Gasteiger partial charge on any atom is -0.387 e. The summed E-state index contributed by atoms with van der Waals surface area (Å²) in [6.45, 7) is 3.91. The average molecular weight is 283 g/mol. The first-order chi connectivity index (χ1) is 8.86. The highest BCUT2D eigenvalue weighted by Gasteiger charge is 2.24. The number of rotatable bonds is 7. The number of amidine groups is 1. The average Bonchev–Trinajstić information content (AvgIpc) is 2.36. The molecule has 0 saturated carbocycles. The van der Waals surface area contributed by atoms with E-state index in [-0.39, 0.29) is 24.1 Å². The number of sulfonamides is 1. The van der Waals surface area contributed by atoms with Gasteiger partial charge in [-0.2, -0.15) is 4.31 Å². The van der Waals surface area contributed by atoms with E-state index in [1.54, 1.807) is 6.92 Å². The topological polar surface area (TPSA) is 87.2 Å². The number of nitrogens with two attached hydrogens (primary N) is 1. The lowest BCUT2D eigenvalue weighted by atomic mass is 10.0. The van der Waals surface area contributed by atoms with E-state index in [1.165, 1.54) is 4.31 Å². The Morgan fingerprint density at radius 2 is 1.95 bits per heavy atom. The molecule has 0 radical (unpaired) electrons. The number of nitrogens with zero attached hydrogens (tertiary/aromatic N) is 1. The van der Waals surface area contributed by atoms with Crippen molar-refractivity contribution in [2.45, 2.75) is 19.8 Å². The molecular weight excluding hydrogens is 262 g/mol. The van der Waals surface area contributed by atoms with Gasteiger partial charge in [0.05, 0.1) is 12.3 Å². The zero-order chi connectivity index (χ0) is 14.5. The van der Waals surface area contributed by atoms with Crippen LogP contribution in [-0.4, -0.2) is 37.4 Å². The zero-order valence-corrected chi connectivity index (χ0v) is 12.2. The Kier molecular flexibility index (Phi) is 5.50. The fourth-order valence-electron chi connectivity index (χ4n) is 1.90. The predicted molar refractivity (Wildman–Crippen MR) is 77.8 cm³/mol. The van der Waals surface area contributed by atoms with Crippen molar-refractivity contribution in [1.82, 2.24) is 4.31 Å².